The number of hydrogen-bond donors (Lipinski definition) is 1. The fourth-order valence-corrected chi connectivity index (χ4v) is 7.07. The van der Waals surface area contributed by atoms with Gasteiger partial charge in [0.15, 0.2) is 0 Å². The van der Waals surface area contributed by atoms with E-state index in [1.165, 1.54) is 6.07 Å². The van der Waals surface area contributed by atoms with Crippen molar-refractivity contribution in [1.29, 1.82) is 0 Å². The molecular formula is C22H29ClFN3O2. The standard InChI is InChI=1S/C22H29ClFN3O2/c1-12(21-19-17(25(2)26(21)3)5-4-16(24)20(19)23)6-18(28)27-14-7-13-8-15(27)11-22(29,9-13)10-14/h4-5,12-15,21,29H,6-11H2,1-3H3. The first kappa shape index (κ1) is 19.6. The summed E-state index contributed by atoms with van der Waals surface area (Å²) in [5.74, 6) is 0.278. The molecule has 1 aromatic carbocycles. The number of amides is 1. The number of carbonyl (C=O) groups is 1. The Hall–Kier alpha value is -1.37. The Morgan fingerprint density at radius 1 is 1.28 bits per heavy atom. The molecular weight excluding hydrogens is 393 g/mol. The zero-order valence-electron chi connectivity index (χ0n) is 17.2. The first-order valence-electron chi connectivity index (χ1n) is 10.7. The van der Waals surface area contributed by atoms with Crippen molar-refractivity contribution < 1.29 is 14.3 Å². The lowest BCUT2D eigenvalue weighted by molar-refractivity contribution is -0.175. The van der Waals surface area contributed by atoms with Gasteiger partial charge in [0.05, 0.1) is 22.4 Å². The topological polar surface area (TPSA) is 47.0 Å². The van der Waals surface area contributed by atoms with E-state index < -0.39 is 11.4 Å². The summed E-state index contributed by atoms with van der Waals surface area (Å²) < 4.78 is 14.2. The second-order valence-corrected chi connectivity index (χ2v) is 10.2. The molecule has 0 spiro atoms. The Balaban J connectivity index is 1.37. The van der Waals surface area contributed by atoms with Gasteiger partial charge in [-0.05, 0) is 56.1 Å². The SMILES string of the molecule is CC(CC(=O)N1C2CC3CC1CC(O)(C3)C2)C1c2c(ccc(F)c2Cl)N(C)N1C. The number of hydrazine groups is 1. The van der Waals surface area contributed by atoms with E-state index >= 15 is 0 Å². The van der Waals surface area contributed by atoms with Crippen LogP contribution < -0.4 is 5.01 Å². The summed E-state index contributed by atoms with van der Waals surface area (Å²) >= 11 is 6.36. The maximum atomic E-state index is 14.2. The van der Waals surface area contributed by atoms with Crippen LogP contribution in [0.3, 0.4) is 0 Å². The van der Waals surface area contributed by atoms with E-state index in [9.17, 15) is 14.3 Å². The summed E-state index contributed by atoms with van der Waals surface area (Å²) in [5, 5.41) is 15.0. The molecule has 2 aliphatic carbocycles. The third-order valence-electron chi connectivity index (χ3n) is 7.85. The predicted octanol–water partition coefficient (Wildman–Crippen LogP) is 3.75. The quantitative estimate of drug-likeness (QED) is 0.807. The molecule has 0 radical (unpaired) electrons. The van der Waals surface area contributed by atoms with Gasteiger partial charge in [-0.2, -0.15) is 0 Å². The largest absolute Gasteiger partial charge is 0.390 e. The molecule has 4 atom stereocenters. The molecule has 29 heavy (non-hydrogen) atoms. The average molecular weight is 422 g/mol. The molecule has 4 unspecified atom stereocenters. The summed E-state index contributed by atoms with van der Waals surface area (Å²) in [4.78, 5) is 15.4. The van der Waals surface area contributed by atoms with Crippen molar-refractivity contribution in [3.05, 3.63) is 28.5 Å². The Morgan fingerprint density at radius 2 is 1.93 bits per heavy atom. The van der Waals surface area contributed by atoms with Gasteiger partial charge in [0, 0.05) is 38.2 Å². The fraction of sp³-hybridized carbons (Fsp3) is 0.682. The van der Waals surface area contributed by atoms with E-state index in [0.717, 1.165) is 30.5 Å². The van der Waals surface area contributed by atoms with Gasteiger partial charge in [-0.1, -0.05) is 18.5 Å². The molecule has 6 rings (SSSR count). The molecule has 1 N–H and O–H groups in total. The zero-order valence-corrected chi connectivity index (χ0v) is 18.0. The second-order valence-electron chi connectivity index (χ2n) is 9.80. The van der Waals surface area contributed by atoms with Crippen molar-refractivity contribution in [2.75, 3.05) is 19.1 Å². The van der Waals surface area contributed by atoms with Crippen LogP contribution in [0.4, 0.5) is 10.1 Å². The smallest absolute Gasteiger partial charge is 0.223 e. The molecule has 158 valence electrons. The van der Waals surface area contributed by atoms with Gasteiger partial charge < -0.3 is 15.0 Å². The van der Waals surface area contributed by atoms with Crippen LogP contribution >= 0.6 is 11.6 Å². The highest BCUT2D eigenvalue weighted by molar-refractivity contribution is 6.32. The Kier molecular flexibility index (Phi) is 4.43. The predicted molar refractivity (Wildman–Crippen MR) is 110 cm³/mol. The van der Waals surface area contributed by atoms with Crippen molar-refractivity contribution in [1.82, 2.24) is 9.91 Å². The summed E-state index contributed by atoms with van der Waals surface area (Å²) in [6.07, 6.45) is 4.76. The molecule has 5 aliphatic rings. The van der Waals surface area contributed by atoms with Crippen LogP contribution in [0.2, 0.25) is 5.02 Å². The number of hydrogen-bond acceptors (Lipinski definition) is 4. The Bertz CT molecular complexity index is 849. The summed E-state index contributed by atoms with van der Waals surface area (Å²) in [6, 6.07) is 3.34. The van der Waals surface area contributed by atoms with E-state index in [1.807, 2.05) is 31.0 Å². The molecule has 2 saturated carbocycles. The van der Waals surface area contributed by atoms with Crippen LogP contribution in [0.5, 0.6) is 0 Å². The number of nitrogens with zero attached hydrogens (tertiary/aromatic N) is 3. The molecule has 4 fully saturated rings. The van der Waals surface area contributed by atoms with Gasteiger partial charge in [-0.15, -0.1) is 0 Å². The van der Waals surface area contributed by atoms with E-state index in [4.69, 9.17) is 11.6 Å². The number of benzene rings is 1. The fourth-order valence-electron chi connectivity index (χ4n) is 6.80. The van der Waals surface area contributed by atoms with Gasteiger partial charge in [0.25, 0.3) is 0 Å². The molecule has 4 bridgehead atoms. The number of fused-ring (bicyclic) bond motifs is 1. The molecule has 5 nitrogen and oxygen atoms in total. The highest BCUT2D eigenvalue weighted by atomic mass is 35.5. The van der Waals surface area contributed by atoms with Gasteiger partial charge >= 0.3 is 0 Å². The van der Waals surface area contributed by atoms with Crippen molar-refractivity contribution in [3.8, 4) is 0 Å². The van der Waals surface area contributed by atoms with Crippen molar-refractivity contribution in [2.45, 2.75) is 69.2 Å². The highest BCUT2D eigenvalue weighted by Gasteiger charge is 2.55. The molecule has 3 heterocycles. The summed E-state index contributed by atoms with van der Waals surface area (Å²) in [6.45, 7) is 2.05. The van der Waals surface area contributed by atoms with Crippen LogP contribution in [0, 0.1) is 17.7 Å². The van der Waals surface area contributed by atoms with E-state index in [-0.39, 0.29) is 35.0 Å². The lowest BCUT2D eigenvalue weighted by Crippen LogP contribution is -2.65. The maximum absolute atomic E-state index is 14.2. The number of anilines is 1. The van der Waals surface area contributed by atoms with E-state index in [2.05, 4.69) is 4.90 Å². The van der Waals surface area contributed by atoms with Crippen LogP contribution in [-0.2, 0) is 4.79 Å². The van der Waals surface area contributed by atoms with Gasteiger partial charge in [0.1, 0.15) is 5.82 Å². The van der Waals surface area contributed by atoms with Crippen LogP contribution in [0.25, 0.3) is 0 Å². The second kappa shape index (κ2) is 6.56. The van der Waals surface area contributed by atoms with Crippen LogP contribution in [-0.4, -0.2) is 52.7 Å². The maximum Gasteiger partial charge on any atom is 0.223 e. The van der Waals surface area contributed by atoms with Crippen molar-refractivity contribution >= 4 is 23.2 Å². The van der Waals surface area contributed by atoms with E-state index in [0.29, 0.717) is 25.2 Å². The van der Waals surface area contributed by atoms with Crippen molar-refractivity contribution in [3.63, 3.8) is 0 Å². The molecule has 3 aliphatic heterocycles. The molecule has 0 aromatic heterocycles. The first-order chi connectivity index (χ1) is 13.7. The number of halogens is 2. The minimum Gasteiger partial charge on any atom is -0.390 e. The summed E-state index contributed by atoms with van der Waals surface area (Å²) in [7, 11) is 3.89. The number of carbonyl (C=O) groups excluding carboxylic acids is 1. The monoisotopic (exact) mass is 421 g/mol. The highest BCUT2D eigenvalue weighted by Crippen LogP contribution is 2.52. The molecule has 1 aromatic rings. The number of rotatable bonds is 3. The van der Waals surface area contributed by atoms with Crippen LogP contribution in [0.1, 0.15) is 57.1 Å². The Labute approximate surface area is 176 Å². The lowest BCUT2D eigenvalue weighted by atomic mass is 9.61. The number of piperidine rings is 2. The van der Waals surface area contributed by atoms with Gasteiger partial charge in [0.2, 0.25) is 5.91 Å². The van der Waals surface area contributed by atoms with Gasteiger partial charge in [-0.25, -0.2) is 9.40 Å². The Morgan fingerprint density at radius 3 is 2.55 bits per heavy atom. The van der Waals surface area contributed by atoms with Crippen molar-refractivity contribution in [2.24, 2.45) is 11.8 Å². The average Bonchev–Trinajstić information content (AvgIpc) is 2.88. The number of aliphatic hydroxyl groups is 1. The summed E-state index contributed by atoms with van der Waals surface area (Å²) in [5.41, 5.74) is 1.10. The molecule has 2 saturated heterocycles. The zero-order chi connectivity index (χ0) is 20.7. The first-order valence-corrected chi connectivity index (χ1v) is 11.0. The minimum atomic E-state index is -0.558. The minimum absolute atomic E-state index is 0.0178. The molecule has 7 heteroatoms. The normalized spacial score (nSPS) is 36.6. The van der Waals surface area contributed by atoms with Crippen LogP contribution in [0.15, 0.2) is 12.1 Å². The third-order valence-corrected chi connectivity index (χ3v) is 8.23. The van der Waals surface area contributed by atoms with E-state index in [1.54, 1.807) is 6.07 Å². The molecule has 1 amide bonds. The third kappa shape index (κ3) is 2.90. The van der Waals surface area contributed by atoms with Gasteiger partial charge in [-0.3, -0.25) is 4.79 Å². The lowest BCUT2D eigenvalue weighted by Gasteiger charge is -2.59.